The second kappa shape index (κ2) is 7.44. The number of amides is 1. The van der Waals surface area contributed by atoms with Crippen LogP contribution in [0.15, 0.2) is 54.6 Å². The molecule has 0 spiro atoms. The summed E-state index contributed by atoms with van der Waals surface area (Å²) in [5, 5.41) is 15.2. The largest absolute Gasteiger partial charge is 0.348 e. The highest BCUT2D eigenvalue weighted by Gasteiger charge is 2.34. The number of aromatic nitrogens is 3. The number of fused-ring (bicyclic) bond motifs is 2. The van der Waals surface area contributed by atoms with Crippen molar-refractivity contribution in [1.82, 2.24) is 25.6 Å². The SMILES string of the molecule is Cc1c(C(=O)NC2CC3CCC(C2)N3)nnn1-c1ccc(-c2ccccc2)cc1. The molecule has 3 aromatic rings. The molecule has 2 aliphatic heterocycles. The van der Waals surface area contributed by atoms with Gasteiger partial charge in [-0.15, -0.1) is 5.10 Å². The molecule has 2 saturated heterocycles. The zero-order chi connectivity index (χ0) is 19.8. The fraction of sp³-hybridized carbons (Fsp3) is 0.348. The van der Waals surface area contributed by atoms with E-state index in [1.807, 2.05) is 37.3 Å². The van der Waals surface area contributed by atoms with E-state index < -0.39 is 0 Å². The topological polar surface area (TPSA) is 71.8 Å². The van der Waals surface area contributed by atoms with Crippen LogP contribution in [0.2, 0.25) is 0 Å². The van der Waals surface area contributed by atoms with Gasteiger partial charge in [0.1, 0.15) is 0 Å². The molecule has 6 nitrogen and oxygen atoms in total. The zero-order valence-electron chi connectivity index (χ0n) is 16.5. The minimum Gasteiger partial charge on any atom is -0.348 e. The van der Waals surface area contributed by atoms with E-state index in [1.165, 1.54) is 18.4 Å². The summed E-state index contributed by atoms with van der Waals surface area (Å²) < 4.78 is 1.73. The lowest BCUT2D eigenvalue weighted by molar-refractivity contribution is 0.0918. The van der Waals surface area contributed by atoms with Crippen molar-refractivity contribution >= 4 is 5.91 Å². The van der Waals surface area contributed by atoms with Crippen LogP contribution in [0.3, 0.4) is 0 Å². The van der Waals surface area contributed by atoms with Crippen molar-refractivity contribution in [3.8, 4) is 16.8 Å². The molecule has 0 radical (unpaired) electrons. The van der Waals surface area contributed by atoms with Crippen molar-refractivity contribution in [2.24, 2.45) is 0 Å². The van der Waals surface area contributed by atoms with Gasteiger partial charge in [-0.3, -0.25) is 4.79 Å². The molecular formula is C23H25N5O. The van der Waals surface area contributed by atoms with Gasteiger partial charge in [-0.05, 0) is 55.9 Å². The van der Waals surface area contributed by atoms with Gasteiger partial charge >= 0.3 is 0 Å². The van der Waals surface area contributed by atoms with Gasteiger partial charge in [-0.2, -0.15) is 0 Å². The first-order chi connectivity index (χ1) is 14.2. The lowest BCUT2D eigenvalue weighted by Gasteiger charge is -2.29. The van der Waals surface area contributed by atoms with Crippen LogP contribution < -0.4 is 10.6 Å². The van der Waals surface area contributed by atoms with Crippen molar-refractivity contribution in [3.05, 3.63) is 66.0 Å². The number of hydrogen-bond acceptors (Lipinski definition) is 4. The molecule has 2 bridgehead atoms. The monoisotopic (exact) mass is 387 g/mol. The van der Waals surface area contributed by atoms with Crippen molar-refractivity contribution in [1.29, 1.82) is 0 Å². The van der Waals surface area contributed by atoms with Crippen LogP contribution in [0.25, 0.3) is 16.8 Å². The maximum absolute atomic E-state index is 12.8. The first kappa shape index (κ1) is 18.1. The molecule has 1 amide bonds. The predicted octanol–water partition coefficient (Wildman–Crippen LogP) is 3.26. The van der Waals surface area contributed by atoms with Crippen molar-refractivity contribution in [2.75, 3.05) is 0 Å². The molecule has 3 heterocycles. The molecule has 1 aromatic heterocycles. The highest BCUT2D eigenvalue weighted by molar-refractivity contribution is 5.93. The van der Waals surface area contributed by atoms with E-state index in [1.54, 1.807) is 4.68 Å². The van der Waals surface area contributed by atoms with Crippen LogP contribution in [-0.2, 0) is 0 Å². The Morgan fingerprint density at radius 3 is 2.34 bits per heavy atom. The van der Waals surface area contributed by atoms with Gasteiger partial charge in [0.25, 0.3) is 5.91 Å². The Morgan fingerprint density at radius 2 is 1.66 bits per heavy atom. The zero-order valence-corrected chi connectivity index (χ0v) is 16.5. The normalized spacial score (nSPS) is 23.1. The molecule has 29 heavy (non-hydrogen) atoms. The Kier molecular flexibility index (Phi) is 4.64. The molecule has 0 saturated carbocycles. The van der Waals surface area contributed by atoms with Crippen LogP contribution in [0.1, 0.15) is 41.9 Å². The summed E-state index contributed by atoms with van der Waals surface area (Å²) in [7, 11) is 0. The summed E-state index contributed by atoms with van der Waals surface area (Å²) >= 11 is 0. The average Bonchev–Trinajstić information content (AvgIpc) is 3.30. The molecule has 5 rings (SSSR count). The second-order valence-electron chi connectivity index (χ2n) is 8.13. The second-order valence-corrected chi connectivity index (χ2v) is 8.13. The Morgan fingerprint density at radius 1 is 1.00 bits per heavy atom. The fourth-order valence-electron chi connectivity index (χ4n) is 4.64. The van der Waals surface area contributed by atoms with Crippen LogP contribution in [0.4, 0.5) is 0 Å². The van der Waals surface area contributed by atoms with E-state index in [2.05, 4.69) is 45.2 Å². The van der Waals surface area contributed by atoms with Gasteiger partial charge in [-0.25, -0.2) is 4.68 Å². The third-order valence-electron chi connectivity index (χ3n) is 6.14. The van der Waals surface area contributed by atoms with Crippen molar-refractivity contribution < 1.29 is 4.79 Å². The number of piperidine rings is 1. The molecule has 2 unspecified atom stereocenters. The van der Waals surface area contributed by atoms with Crippen molar-refractivity contribution in [3.63, 3.8) is 0 Å². The van der Waals surface area contributed by atoms with E-state index in [4.69, 9.17) is 0 Å². The highest BCUT2D eigenvalue weighted by atomic mass is 16.2. The molecular weight excluding hydrogens is 362 g/mol. The summed E-state index contributed by atoms with van der Waals surface area (Å²) in [4.78, 5) is 12.8. The summed E-state index contributed by atoms with van der Waals surface area (Å²) in [6, 6.07) is 19.7. The lowest BCUT2D eigenvalue weighted by atomic mass is 9.99. The molecule has 2 aliphatic rings. The Labute approximate surface area is 170 Å². The van der Waals surface area contributed by atoms with Crippen LogP contribution >= 0.6 is 0 Å². The number of nitrogens with one attached hydrogen (secondary N) is 2. The molecule has 2 aromatic carbocycles. The van der Waals surface area contributed by atoms with E-state index in [-0.39, 0.29) is 11.9 Å². The van der Waals surface area contributed by atoms with Gasteiger partial charge < -0.3 is 10.6 Å². The van der Waals surface area contributed by atoms with Gasteiger partial charge in [0.05, 0.1) is 11.4 Å². The number of carbonyl (C=O) groups excluding carboxylic acids is 1. The summed E-state index contributed by atoms with van der Waals surface area (Å²) in [5.74, 6) is -0.124. The first-order valence-corrected chi connectivity index (χ1v) is 10.3. The minimum absolute atomic E-state index is 0.124. The fourth-order valence-corrected chi connectivity index (χ4v) is 4.64. The van der Waals surface area contributed by atoms with Crippen molar-refractivity contribution in [2.45, 2.75) is 50.7 Å². The standard InChI is InChI=1S/C23H25N5O/c1-15-22(23(29)25-20-13-18-9-10-19(14-20)24-18)26-27-28(15)21-11-7-17(8-12-21)16-5-3-2-4-6-16/h2-8,11-12,18-20,24H,9-10,13-14H2,1H3,(H,25,29). The van der Waals surface area contributed by atoms with E-state index >= 15 is 0 Å². The minimum atomic E-state index is -0.124. The Hall–Kier alpha value is -2.99. The van der Waals surface area contributed by atoms with Gasteiger partial charge in [0.2, 0.25) is 0 Å². The average molecular weight is 387 g/mol. The number of hydrogen-bond donors (Lipinski definition) is 2. The number of rotatable bonds is 4. The van der Waals surface area contributed by atoms with E-state index in [0.29, 0.717) is 17.8 Å². The lowest BCUT2D eigenvalue weighted by Crippen LogP contribution is -2.48. The van der Waals surface area contributed by atoms with E-state index in [9.17, 15) is 4.79 Å². The molecule has 0 aliphatic carbocycles. The van der Waals surface area contributed by atoms with Gasteiger partial charge in [0.15, 0.2) is 5.69 Å². The maximum Gasteiger partial charge on any atom is 0.273 e. The Balaban J connectivity index is 1.32. The van der Waals surface area contributed by atoms with E-state index in [0.717, 1.165) is 29.8 Å². The Bertz CT molecular complexity index is 1000. The predicted molar refractivity (Wildman–Crippen MR) is 112 cm³/mol. The van der Waals surface area contributed by atoms with Gasteiger partial charge in [0, 0.05) is 18.1 Å². The molecule has 2 fully saturated rings. The number of nitrogens with zero attached hydrogens (tertiary/aromatic N) is 3. The highest BCUT2D eigenvalue weighted by Crippen LogP contribution is 2.27. The van der Waals surface area contributed by atoms with Gasteiger partial charge in [-0.1, -0.05) is 47.7 Å². The molecule has 148 valence electrons. The molecule has 2 atom stereocenters. The summed E-state index contributed by atoms with van der Waals surface area (Å²) in [6.07, 6.45) is 4.42. The third-order valence-corrected chi connectivity index (χ3v) is 6.14. The first-order valence-electron chi connectivity index (χ1n) is 10.3. The quantitative estimate of drug-likeness (QED) is 0.721. The summed E-state index contributed by atoms with van der Waals surface area (Å²) in [5.41, 5.74) is 4.37. The number of benzene rings is 2. The van der Waals surface area contributed by atoms with Crippen LogP contribution in [-0.4, -0.2) is 39.0 Å². The third kappa shape index (κ3) is 3.56. The molecule has 2 N–H and O–H groups in total. The smallest absolute Gasteiger partial charge is 0.273 e. The van der Waals surface area contributed by atoms with Crippen LogP contribution in [0.5, 0.6) is 0 Å². The van der Waals surface area contributed by atoms with Crippen LogP contribution in [0, 0.1) is 6.92 Å². The summed E-state index contributed by atoms with van der Waals surface area (Å²) in [6.45, 7) is 1.89. The maximum atomic E-state index is 12.8. The number of carbonyl (C=O) groups is 1. The molecule has 6 heteroatoms.